The smallest absolute Gasteiger partial charge is 0.0550 e. The van der Waals surface area contributed by atoms with Crippen molar-refractivity contribution in [3.8, 4) is 0 Å². The first kappa shape index (κ1) is 18.1. The Morgan fingerprint density at radius 1 is 0.760 bits per heavy atom. The summed E-state index contributed by atoms with van der Waals surface area (Å²) in [6.07, 6.45) is 6.98. The summed E-state index contributed by atoms with van der Waals surface area (Å²) < 4.78 is 0. The summed E-state index contributed by atoms with van der Waals surface area (Å²) in [6.45, 7) is 9.21. The third kappa shape index (κ3) is 3.94. The van der Waals surface area contributed by atoms with E-state index in [2.05, 4.69) is 111 Å². The Morgan fingerprint density at radius 2 is 1.24 bits per heavy atom. The molecule has 130 valence electrons. The van der Waals surface area contributed by atoms with Crippen LogP contribution in [0.15, 0.2) is 84.2 Å². The highest BCUT2D eigenvalue weighted by Crippen LogP contribution is 2.48. The summed E-state index contributed by atoms with van der Waals surface area (Å²) in [7, 11) is -0.516. The zero-order valence-electron chi connectivity index (χ0n) is 15.6. The van der Waals surface area contributed by atoms with E-state index in [1.54, 1.807) is 0 Å². The molecular weight excluding hydrogens is 321 g/mol. The molecule has 1 aliphatic carbocycles. The number of hydrogen-bond acceptors (Lipinski definition) is 1. The van der Waals surface area contributed by atoms with Crippen molar-refractivity contribution in [1.82, 2.24) is 4.90 Å². The van der Waals surface area contributed by atoms with Gasteiger partial charge in [-0.25, -0.2) is 0 Å². The fourth-order valence-electron chi connectivity index (χ4n) is 3.76. The summed E-state index contributed by atoms with van der Waals surface area (Å²) in [5, 5.41) is 4.39. The molecule has 1 nitrogen and oxygen atoms in total. The van der Waals surface area contributed by atoms with Crippen molar-refractivity contribution in [2.24, 2.45) is 0 Å². The molecule has 0 amide bonds. The van der Waals surface area contributed by atoms with Gasteiger partial charge in [0.05, 0.1) is 6.04 Å². The van der Waals surface area contributed by atoms with Crippen molar-refractivity contribution in [3.63, 3.8) is 0 Å². The summed E-state index contributed by atoms with van der Waals surface area (Å²) in [6, 6.07) is 23.4. The third-order valence-electron chi connectivity index (χ3n) is 4.66. The monoisotopic (exact) mass is 349 g/mol. The topological polar surface area (TPSA) is 3.24 Å². The molecule has 0 N–H and O–H groups in total. The summed E-state index contributed by atoms with van der Waals surface area (Å²) in [5.41, 5.74) is 0. The Balaban J connectivity index is 2.05. The molecule has 0 spiro atoms. The zero-order chi connectivity index (χ0) is 17.8. The molecule has 0 aromatic heterocycles. The van der Waals surface area contributed by atoms with Crippen molar-refractivity contribution in [3.05, 3.63) is 84.2 Å². The molecule has 0 saturated heterocycles. The van der Waals surface area contributed by atoms with Crippen molar-refractivity contribution in [1.29, 1.82) is 0 Å². The maximum Gasteiger partial charge on any atom is 0.0550 e. The molecule has 1 aliphatic rings. The lowest BCUT2D eigenvalue weighted by atomic mass is 10.1. The molecule has 2 aromatic carbocycles. The highest BCUT2D eigenvalue weighted by atomic mass is 31.1. The van der Waals surface area contributed by atoms with Crippen LogP contribution in [0.1, 0.15) is 27.7 Å². The molecule has 0 aliphatic heterocycles. The lowest BCUT2D eigenvalue weighted by molar-refractivity contribution is 0.161. The van der Waals surface area contributed by atoms with Gasteiger partial charge in [-0.1, -0.05) is 78.9 Å². The fraction of sp³-hybridized carbons (Fsp3) is 0.304. The van der Waals surface area contributed by atoms with Gasteiger partial charge in [0.2, 0.25) is 0 Å². The first-order valence-corrected chi connectivity index (χ1v) is 10.5. The highest BCUT2D eigenvalue weighted by molar-refractivity contribution is 7.76. The van der Waals surface area contributed by atoms with E-state index in [9.17, 15) is 0 Å². The Kier molecular flexibility index (Phi) is 5.89. The van der Waals surface area contributed by atoms with Crippen LogP contribution in [0.5, 0.6) is 0 Å². The van der Waals surface area contributed by atoms with E-state index in [1.165, 1.54) is 15.9 Å². The van der Waals surface area contributed by atoms with E-state index in [0.29, 0.717) is 18.1 Å². The van der Waals surface area contributed by atoms with Crippen LogP contribution < -0.4 is 10.6 Å². The van der Waals surface area contributed by atoms with Gasteiger partial charge in [0, 0.05) is 12.1 Å². The van der Waals surface area contributed by atoms with Crippen LogP contribution in [-0.2, 0) is 0 Å². The molecule has 0 heterocycles. The molecule has 1 unspecified atom stereocenters. The van der Waals surface area contributed by atoms with Crippen molar-refractivity contribution >= 4 is 18.5 Å². The standard InChI is InChI=1S/C23H28NP/c1-18(2)24(19(3)4)22-16-11-17-23(22)25(20-12-7-5-8-13-20)21-14-9-6-10-15-21/h5-19,22H,1-4H3. The molecule has 3 rings (SSSR count). The van der Waals surface area contributed by atoms with Gasteiger partial charge in [-0.3, -0.25) is 4.90 Å². The average molecular weight is 349 g/mol. The molecule has 1 atom stereocenters. The van der Waals surface area contributed by atoms with E-state index in [0.717, 1.165) is 0 Å². The molecule has 25 heavy (non-hydrogen) atoms. The Hall–Kier alpha value is -1.69. The number of allylic oxidation sites excluding steroid dienone is 2. The van der Waals surface area contributed by atoms with Crippen molar-refractivity contribution in [2.75, 3.05) is 0 Å². The van der Waals surface area contributed by atoms with E-state index >= 15 is 0 Å². The molecular formula is C23H28NP. The lowest BCUT2D eigenvalue weighted by Crippen LogP contribution is -2.44. The Labute approximate surface area is 153 Å². The first-order chi connectivity index (χ1) is 12.1. The largest absolute Gasteiger partial charge is 0.288 e. The molecule has 2 aromatic rings. The van der Waals surface area contributed by atoms with Gasteiger partial charge in [-0.2, -0.15) is 0 Å². The van der Waals surface area contributed by atoms with Crippen LogP contribution in [0.4, 0.5) is 0 Å². The zero-order valence-corrected chi connectivity index (χ0v) is 16.5. The quantitative estimate of drug-likeness (QED) is 0.659. The minimum absolute atomic E-state index is 0.381. The van der Waals surface area contributed by atoms with Crippen molar-refractivity contribution in [2.45, 2.75) is 45.8 Å². The van der Waals surface area contributed by atoms with E-state index in [-0.39, 0.29) is 0 Å². The minimum atomic E-state index is -0.516. The number of benzene rings is 2. The SMILES string of the molecule is CC(C)N(C(C)C)C1C=CC=C1P(c1ccccc1)c1ccccc1. The maximum absolute atomic E-state index is 2.62. The second-order valence-corrected chi connectivity index (χ2v) is 9.28. The van der Waals surface area contributed by atoms with E-state index < -0.39 is 7.92 Å². The predicted octanol–water partition coefficient (Wildman–Crippen LogP) is 5.06. The third-order valence-corrected chi connectivity index (χ3v) is 7.22. The van der Waals surface area contributed by atoms with Crippen LogP contribution in [-0.4, -0.2) is 23.0 Å². The first-order valence-electron chi connectivity index (χ1n) is 9.15. The van der Waals surface area contributed by atoms with Gasteiger partial charge in [0.1, 0.15) is 0 Å². The fourth-order valence-corrected chi connectivity index (χ4v) is 6.31. The van der Waals surface area contributed by atoms with Crippen LogP contribution in [0.2, 0.25) is 0 Å². The van der Waals surface area contributed by atoms with E-state index in [1.807, 2.05) is 0 Å². The summed E-state index contributed by atoms with van der Waals surface area (Å²) in [5.74, 6) is 0. The normalized spacial score (nSPS) is 17.1. The summed E-state index contributed by atoms with van der Waals surface area (Å²) >= 11 is 0. The molecule has 0 radical (unpaired) electrons. The van der Waals surface area contributed by atoms with Crippen LogP contribution in [0, 0.1) is 0 Å². The maximum atomic E-state index is 2.62. The molecule has 0 bridgehead atoms. The highest BCUT2D eigenvalue weighted by Gasteiger charge is 2.32. The molecule has 0 fully saturated rings. The van der Waals surface area contributed by atoms with E-state index in [4.69, 9.17) is 0 Å². The lowest BCUT2D eigenvalue weighted by Gasteiger charge is -2.39. The van der Waals surface area contributed by atoms with Gasteiger partial charge >= 0.3 is 0 Å². The van der Waals surface area contributed by atoms with Crippen molar-refractivity contribution < 1.29 is 0 Å². The number of rotatable bonds is 6. The van der Waals surface area contributed by atoms with Crippen LogP contribution in [0.25, 0.3) is 0 Å². The Bertz CT molecular complexity index is 684. The second kappa shape index (κ2) is 8.13. The number of nitrogens with zero attached hydrogens (tertiary/aromatic N) is 1. The van der Waals surface area contributed by atoms with Crippen LogP contribution in [0.3, 0.4) is 0 Å². The number of hydrogen-bond donors (Lipinski definition) is 0. The Morgan fingerprint density at radius 3 is 1.68 bits per heavy atom. The predicted molar refractivity (Wildman–Crippen MR) is 112 cm³/mol. The van der Waals surface area contributed by atoms with Gasteiger partial charge < -0.3 is 0 Å². The van der Waals surface area contributed by atoms with Gasteiger partial charge in [0.15, 0.2) is 0 Å². The molecule has 0 saturated carbocycles. The van der Waals surface area contributed by atoms with Gasteiger partial charge in [-0.15, -0.1) is 0 Å². The molecule has 2 heteroatoms. The summed E-state index contributed by atoms with van der Waals surface area (Å²) in [4.78, 5) is 2.62. The van der Waals surface area contributed by atoms with Gasteiger partial charge in [-0.05, 0) is 51.5 Å². The van der Waals surface area contributed by atoms with Crippen LogP contribution >= 0.6 is 7.92 Å². The average Bonchev–Trinajstić information content (AvgIpc) is 3.05. The van der Waals surface area contributed by atoms with Gasteiger partial charge in [0.25, 0.3) is 0 Å². The second-order valence-electron chi connectivity index (χ2n) is 7.06. The minimum Gasteiger partial charge on any atom is -0.288 e.